The van der Waals surface area contributed by atoms with Crippen molar-refractivity contribution in [3.8, 4) is 0 Å². The molecule has 0 saturated heterocycles. The fourth-order valence-electron chi connectivity index (χ4n) is 1.00. The van der Waals surface area contributed by atoms with Crippen LogP contribution in [-0.4, -0.2) is 5.91 Å². The summed E-state index contributed by atoms with van der Waals surface area (Å²) in [5.74, 6) is -0.446. The summed E-state index contributed by atoms with van der Waals surface area (Å²) in [6.07, 6.45) is 3.00. The van der Waals surface area contributed by atoms with Crippen LogP contribution >= 0.6 is 0 Å². The zero-order valence-corrected chi connectivity index (χ0v) is 7.23. The van der Waals surface area contributed by atoms with Gasteiger partial charge in [0.05, 0.1) is 0 Å². The average Bonchev–Trinajstić information content (AvgIpc) is 2.15. The van der Waals surface area contributed by atoms with Crippen LogP contribution in [-0.2, 0) is 11.3 Å². The topological polar surface area (TPSA) is 69.1 Å². The van der Waals surface area contributed by atoms with E-state index in [1.165, 1.54) is 6.08 Å². The Hall–Kier alpha value is -1.61. The van der Waals surface area contributed by atoms with E-state index in [1.807, 2.05) is 24.3 Å². The van der Waals surface area contributed by atoms with Gasteiger partial charge in [-0.2, -0.15) is 0 Å². The molecular formula is C10H12N2O. The Labute approximate surface area is 77.0 Å². The molecule has 1 aromatic rings. The van der Waals surface area contributed by atoms with Crippen molar-refractivity contribution < 1.29 is 4.79 Å². The highest BCUT2D eigenvalue weighted by Gasteiger charge is 1.90. The summed E-state index contributed by atoms with van der Waals surface area (Å²) in [5, 5.41) is 0. The molecule has 0 fully saturated rings. The monoisotopic (exact) mass is 176 g/mol. The van der Waals surface area contributed by atoms with Crippen molar-refractivity contribution in [1.82, 2.24) is 0 Å². The first-order chi connectivity index (χ1) is 6.22. The second-order valence-electron chi connectivity index (χ2n) is 2.68. The summed E-state index contributed by atoms with van der Waals surface area (Å²) >= 11 is 0. The lowest BCUT2D eigenvalue weighted by Gasteiger charge is -1.97. The number of primary amides is 1. The number of hydrogen-bond donors (Lipinski definition) is 2. The smallest absolute Gasteiger partial charge is 0.241 e. The van der Waals surface area contributed by atoms with Gasteiger partial charge in [0.1, 0.15) is 0 Å². The van der Waals surface area contributed by atoms with E-state index in [9.17, 15) is 4.79 Å². The maximum Gasteiger partial charge on any atom is 0.241 e. The van der Waals surface area contributed by atoms with E-state index >= 15 is 0 Å². The number of benzene rings is 1. The normalized spacial score (nSPS) is 10.5. The van der Waals surface area contributed by atoms with Gasteiger partial charge in [-0.15, -0.1) is 0 Å². The van der Waals surface area contributed by atoms with Crippen molar-refractivity contribution in [2.24, 2.45) is 11.5 Å². The summed E-state index contributed by atoms with van der Waals surface area (Å²) in [7, 11) is 0. The van der Waals surface area contributed by atoms with Crippen LogP contribution in [0.1, 0.15) is 11.1 Å². The van der Waals surface area contributed by atoms with Crippen LogP contribution in [0.15, 0.2) is 30.3 Å². The molecule has 0 bridgehead atoms. The third kappa shape index (κ3) is 3.09. The number of carbonyl (C=O) groups excluding carboxylic acids is 1. The molecule has 0 aliphatic carbocycles. The molecular weight excluding hydrogens is 164 g/mol. The first-order valence-corrected chi connectivity index (χ1v) is 3.99. The van der Waals surface area contributed by atoms with Crippen LogP contribution in [0.25, 0.3) is 6.08 Å². The summed E-state index contributed by atoms with van der Waals surface area (Å²) in [4.78, 5) is 10.4. The molecule has 3 nitrogen and oxygen atoms in total. The summed E-state index contributed by atoms with van der Waals surface area (Å²) in [5.41, 5.74) is 12.4. The van der Waals surface area contributed by atoms with Crippen LogP contribution < -0.4 is 11.5 Å². The van der Waals surface area contributed by atoms with E-state index in [-0.39, 0.29) is 0 Å². The molecule has 0 radical (unpaired) electrons. The molecule has 0 spiro atoms. The van der Waals surface area contributed by atoms with Crippen LogP contribution in [0, 0.1) is 0 Å². The first-order valence-electron chi connectivity index (χ1n) is 3.99. The lowest BCUT2D eigenvalue weighted by molar-refractivity contribution is -0.113. The molecule has 0 saturated carbocycles. The average molecular weight is 176 g/mol. The summed E-state index contributed by atoms with van der Waals surface area (Å²) in [6.45, 7) is 0.498. The van der Waals surface area contributed by atoms with Gasteiger partial charge < -0.3 is 11.5 Å². The van der Waals surface area contributed by atoms with Crippen molar-refractivity contribution in [3.63, 3.8) is 0 Å². The lowest BCUT2D eigenvalue weighted by Crippen LogP contribution is -2.05. The zero-order valence-electron chi connectivity index (χ0n) is 7.23. The van der Waals surface area contributed by atoms with E-state index in [2.05, 4.69) is 0 Å². The van der Waals surface area contributed by atoms with E-state index in [0.29, 0.717) is 6.54 Å². The minimum atomic E-state index is -0.446. The number of rotatable bonds is 3. The van der Waals surface area contributed by atoms with Gasteiger partial charge in [-0.25, -0.2) is 0 Å². The third-order valence-electron chi connectivity index (χ3n) is 1.63. The maximum absolute atomic E-state index is 10.4. The summed E-state index contributed by atoms with van der Waals surface area (Å²) < 4.78 is 0. The van der Waals surface area contributed by atoms with Crippen LogP contribution in [0.3, 0.4) is 0 Å². The minimum Gasteiger partial charge on any atom is -0.366 e. The number of nitrogens with two attached hydrogens (primary N) is 2. The summed E-state index contributed by atoms with van der Waals surface area (Å²) in [6, 6.07) is 7.63. The molecule has 4 N–H and O–H groups in total. The Morgan fingerprint density at radius 1 is 1.46 bits per heavy atom. The second-order valence-corrected chi connectivity index (χ2v) is 2.68. The van der Waals surface area contributed by atoms with Crippen molar-refractivity contribution in [2.45, 2.75) is 6.54 Å². The van der Waals surface area contributed by atoms with Crippen LogP contribution in [0.2, 0.25) is 0 Å². The predicted octanol–water partition coefficient (Wildman–Crippen LogP) is 0.644. The van der Waals surface area contributed by atoms with Gasteiger partial charge in [-0.1, -0.05) is 24.3 Å². The lowest BCUT2D eigenvalue weighted by atomic mass is 10.1. The molecule has 1 aromatic carbocycles. The van der Waals surface area contributed by atoms with Crippen molar-refractivity contribution >= 4 is 12.0 Å². The van der Waals surface area contributed by atoms with Gasteiger partial charge in [0.15, 0.2) is 0 Å². The third-order valence-corrected chi connectivity index (χ3v) is 1.63. The Morgan fingerprint density at radius 2 is 2.23 bits per heavy atom. The van der Waals surface area contributed by atoms with Crippen molar-refractivity contribution in [1.29, 1.82) is 0 Å². The Balaban J connectivity index is 2.83. The first kappa shape index (κ1) is 9.48. The highest BCUT2D eigenvalue weighted by atomic mass is 16.1. The Morgan fingerprint density at radius 3 is 2.85 bits per heavy atom. The molecule has 0 unspecified atom stereocenters. The zero-order chi connectivity index (χ0) is 9.68. The van der Waals surface area contributed by atoms with Gasteiger partial charge in [0.2, 0.25) is 5.91 Å². The number of hydrogen-bond acceptors (Lipinski definition) is 2. The molecule has 68 valence electrons. The molecule has 13 heavy (non-hydrogen) atoms. The number of carbonyl (C=O) groups is 1. The largest absolute Gasteiger partial charge is 0.366 e. The van der Waals surface area contributed by atoms with Gasteiger partial charge in [-0.05, 0) is 17.2 Å². The molecule has 1 amide bonds. The SMILES string of the molecule is NCc1cccc(/C=C/C(N)=O)c1. The molecule has 3 heteroatoms. The fourth-order valence-corrected chi connectivity index (χ4v) is 1.00. The van der Waals surface area contributed by atoms with Crippen molar-refractivity contribution in [2.75, 3.05) is 0 Å². The Bertz CT molecular complexity index is 331. The second kappa shape index (κ2) is 4.42. The van der Waals surface area contributed by atoms with E-state index in [4.69, 9.17) is 11.5 Å². The predicted molar refractivity (Wildman–Crippen MR) is 52.6 cm³/mol. The van der Waals surface area contributed by atoms with Gasteiger partial charge in [-0.3, -0.25) is 4.79 Å². The standard InChI is InChI=1S/C10H12N2O/c11-7-9-3-1-2-8(6-9)4-5-10(12)13/h1-6H,7,11H2,(H2,12,13)/b5-4+. The minimum absolute atomic E-state index is 0.446. The Kier molecular flexibility index (Phi) is 3.23. The maximum atomic E-state index is 10.4. The van der Waals surface area contributed by atoms with Gasteiger partial charge >= 0.3 is 0 Å². The molecule has 0 atom stereocenters. The molecule has 0 aromatic heterocycles. The van der Waals surface area contributed by atoms with Gasteiger partial charge in [0.25, 0.3) is 0 Å². The van der Waals surface area contributed by atoms with E-state index < -0.39 is 5.91 Å². The van der Waals surface area contributed by atoms with E-state index in [1.54, 1.807) is 6.08 Å². The number of amides is 1. The molecule has 1 rings (SSSR count). The highest BCUT2D eigenvalue weighted by molar-refractivity contribution is 5.90. The quantitative estimate of drug-likeness (QED) is 0.664. The van der Waals surface area contributed by atoms with Gasteiger partial charge in [0, 0.05) is 12.6 Å². The van der Waals surface area contributed by atoms with Crippen molar-refractivity contribution in [3.05, 3.63) is 41.5 Å². The van der Waals surface area contributed by atoms with Crippen LogP contribution in [0.5, 0.6) is 0 Å². The molecule has 0 aliphatic heterocycles. The fraction of sp³-hybridized carbons (Fsp3) is 0.100. The molecule has 0 aliphatic rings. The van der Waals surface area contributed by atoms with E-state index in [0.717, 1.165) is 11.1 Å². The molecule has 0 heterocycles. The van der Waals surface area contributed by atoms with Crippen LogP contribution in [0.4, 0.5) is 0 Å². The highest BCUT2D eigenvalue weighted by Crippen LogP contribution is 2.05.